The van der Waals surface area contributed by atoms with E-state index in [9.17, 15) is 0 Å². The van der Waals surface area contributed by atoms with Gasteiger partial charge in [0, 0.05) is 0 Å². The third-order valence-electron chi connectivity index (χ3n) is 2.39. The van der Waals surface area contributed by atoms with Gasteiger partial charge in [0.1, 0.15) is 5.75 Å². The van der Waals surface area contributed by atoms with Crippen molar-refractivity contribution in [2.45, 2.75) is 45.6 Å². The van der Waals surface area contributed by atoms with Gasteiger partial charge in [0.05, 0.1) is 19.3 Å². The first-order valence-corrected chi connectivity index (χ1v) is 6.68. The molecule has 0 radical (unpaired) electrons. The second-order valence-electron chi connectivity index (χ2n) is 4.18. The molecule has 3 nitrogen and oxygen atoms in total. The lowest BCUT2D eigenvalue weighted by atomic mass is 10.1. The number of unbranched alkanes of at least 4 members (excludes halogenated alkanes) is 2. The number of para-hydroxylation sites is 1. The van der Waals surface area contributed by atoms with E-state index in [1.54, 1.807) is 0 Å². The zero-order valence-corrected chi connectivity index (χ0v) is 11.5. The van der Waals surface area contributed by atoms with E-state index in [1.807, 2.05) is 30.3 Å². The van der Waals surface area contributed by atoms with Crippen molar-refractivity contribution in [2.24, 2.45) is 0 Å². The molecule has 0 aliphatic rings. The minimum atomic E-state index is -0.125. The Hall–Kier alpha value is -1.06. The lowest BCUT2D eigenvalue weighted by molar-refractivity contribution is 0.186. The Morgan fingerprint density at radius 2 is 1.67 bits per heavy atom. The lowest BCUT2D eigenvalue weighted by Gasteiger charge is -2.14. The first kappa shape index (κ1) is 16.9. The molecule has 0 amide bonds. The lowest BCUT2D eigenvalue weighted by Crippen LogP contribution is -2.11. The van der Waals surface area contributed by atoms with Gasteiger partial charge in [0.25, 0.3) is 0 Å². The average molecular weight is 254 g/mol. The molecular weight excluding hydrogens is 228 g/mol. The minimum absolute atomic E-state index is 0.125. The highest BCUT2D eigenvalue weighted by molar-refractivity contribution is 5.21. The summed E-state index contributed by atoms with van der Waals surface area (Å²) in [5, 5.41) is 15.2. The van der Waals surface area contributed by atoms with E-state index in [0.717, 1.165) is 12.2 Å². The van der Waals surface area contributed by atoms with Crippen LogP contribution in [0.5, 0.6) is 5.75 Å². The summed E-state index contributed by atoms with van der Waals surface area (Å²) in [5.74, 6) is 0.983. The van der Waals surface area contributed by atoms with E-state index in [0.29, 0.717) is 6.10 Å². The van der Waals surface area contributed by atoms with Gasteiger partial charge < -0.3 is 14.9 Å². The van der Waals surface area contributed by atoms with Crippen molar-refractivity contribution in [2.75, 3.05) is 13.2 Å². The van der Waals surface area contributed by atoms with E-state index in [-0.39, 0.29) is 13.2 Å². The van der Waals surface area contributed by atoms with Gasteiger partial charge in [0.15, 0.2) is 0 Å². The molecule has 0 saturated carbocycles. The predicted octanol–water partition coefficient (Wildman–Crippen LogP) is 3.01. The number of ether oxygens (including phenoxy) is 1. The Labute approximate surface area is 110 Å². The van der Waals surface area contributed by atoms with Crippen molar-refractivity contribution in [3.05, 3.63) is 30.3 Å². The summed E-state index contributed by atoms with van der Waals surface area (Å²) in [6.07, 6.45) is 5.34. The Kier molecular flexibility index (Phi) is 11.7. The topological polar surface area (TPSA) is 49.7 Å². The zero-order valence-electron chi connectivity index (χ0n) is 11.5. The second-order valence-corrected chi connectivity index (χ2v) is 4.18. The molecule has 0 heterocycles. The number of hydrogen-bond donors (Lipinski definition) is 2. The summed E-state index contributed by atoms with van der Waals surface area (Å²) in [6.45, 7) is 4.12. The van der Waals surface area contributed by atoms with Gasteiger partial charge in [-0.25, -0.2) is 0 Å². The quantitative estimate of drug-likeness (QED) is 0.735. The molecule has 1 aromatic carbocycles. The third kappa shape index (κ3) is 10.1. The SMILES string of the molecule is CCCCCC(C)Oc1ccccc1.OCCO. The van der Waals surface area contributed by atoms with Crippen LogP contribution in [0.15, 0.2) is 30.3 Å². The third-order valence-corrected chi connectivity index (χ3v) is 2.39. The summed E-state index contributed by atoms with van der Waals surface area (Å²) < 4.78 is 5.76. The number of rotatable bonds is 7. The van der Waals surface area contributed by atoms with Gasteiger partial charge in [-0.3, -0.25) is 0 Å². The van der Waals surface area contributed by atoms with Gasteiger partial charge in [0.2, 0.25) is 0 Å². The molecule has 1 rings (SSSR count). The fraction of sp³-hybridized carbons (Fsp3) is 0.600. The van der Waals surface area contributed by atoms with E-state index >= 15 is 0 Å². The van der Waals surface area contributed by atoms with Crippen LogP contribution in [0.4, 0.5) is 0 Å². The Balaban J connectivity index is 0.000000631. The summed E-state index contributed by atoms with van der Waals surface area (Å²) in [5.41, 5.74) is 0. The van der Waals surface area contributed by atoms with Crippen LogP contribution in [-0.2, 0) is 0 Å². The predicted molar refractivity (Wildman–Crippen MR) is 74.8 cm³/mol. The van der Waals surface area contributed by atoms with Crippen LogP contribution in [0.25, 0.3) is 0 Å². The molecule has 18 heavy (non-hydrogen) atoms. The highest BCUT2D eigenvalue weighted by Crippen LogP contribution is 2.13. The van der Waals surface area contributed by atoms with Crippen LogP contribution in [0.1, 0.15) is 39.5 Å². The van der Waals surface area contributed by atoms with E-state index in [1.165, 1.54) is 19.3 Å². The van der Waals surface area contributed by atoms with Crippen molar-refractivity contribution in [3.8, 4) is 5.75 Å². The summed E-state index contributed by atoms with van der Waals surface area (Å²) in [6, 6.07) is 10.0. The number of benzene rings is 1. The van der Waals surface area contributed by atoms with E-state index in [4.69, 9.17) is 14.9 Å². The summed E-state index contributed by atoms with van der Waals surface area (Å²) >= 11 is 0. The maximum atomic E-state index is 7.62. The molecule has 0 aromatic heterocycles. The van der Waals surface area contributed by atoms with E-state index < -0.39 is 0 Å². The van der Waals surface area contributed by atoms with Crippen molar-refractivity contribution in [1.82, 2.24) is 0 Å². The van der Waals surface area contributed by atoms with Crippen LogP contribution in [0.3, 0.4) is 0 Å². The molecule has 0 saturated heterocycles. The number of aliphatic hydroxyl groups excluding tert-OH is 2. The molecule has 1 atom stereocenters. The minimum Gasteiger partial charge on any atom is -0.491 e. The van der Waals surface area contributed by atoms with Gasteiger partial charge >= 0.3 is 0 Å². The normalized spacial score (nSPS) is 11.3. The fourth-order valence-electron chi connectivity index (χ4n) is 1.47. The maximum Gasteiger partial charge on any atom is 0.119 e. The van der Waals surface area contributed by atoms with Crippen LogP contribution < -0.4 is 4.74 Å². The summed E-state index contributed by atoms with van der Waals surface area (Å²) in [4.78, 5) is 0. The molecule has 0 fully saturated rings. The van der Waals surface area contributed by atoms with Crippen LogP contribution >= 0.6 is 0 Å². The van der Waals surface area contributed by atoms with Crippen molar-refractivity contribution < 1.29 is 14.9 Å². The Bertz CT molecular complexity index is 260. The van der Waals surface area contributed by atoms with Crippen LogP contribution in [0, 0.1) is 0 Å². The molecule has 3 heteroatoms. The number of hydrogen-bond acceptors (Lipinski definition) is 3. The van der Waals surface area contributed by atoms with Crippen molar-refractivity contribution in [3.63, 3.8) is 0 Å². The van der Waals surface area contributed by atoms with E-state index in [2.05, 4.69) is 13.8 Å². The molecule has 0 aliphatic carbocycles. The zero-order chi connectivity index (χ0) is 13.6. The molecule has 1 unspecified atom stereocenters. The molecule has 0 bridgehead atoms. The Morgan fingerprint density at radius 3 is 2.17 bits per heavy atom. The fourth-order valence-corrected chi connectivity index (χ4v) is 1.47. The molecule has 0 spiro atoms. The van der Waals surface area contributed by atoms with Crippen molar-refractivity contribution in [1.29, 1.82) is 0 Å². The largest absolute Gasteiger partial charge is 0.491 e. The first-order valence-electron chi connectivity index (χ1n) is 6.68. The molecule has 2 N–H and O–H groups in total. The Morgan fingerprint density at radius 1 is 1.06 bits per heavy atom. The summed E-state index contributed by atoms with van der Waals surface area (Å²) in [7, 11) is 0. The smallest absolute Gasteiger partial charge is 0.119 e. The van der Waals surface area contributed by atoms with Crippen LogP contribution in [0.2, 0.25) is 0 Å². The van der Waals surface area contributed by atoms with Crippen molar-refractivity contribution >= 4 is 0 Å². The maximum absolute atomic E-state index is 7.62. The highest BCUT2D eigenvalue weighted by Gasteiger charge is 2.02. The molecular formula is C15H26O3. The standard InChI is InChI=1S/C13H20O.C2H6O2/c1-3-4-6-9-12(2)14-13-10-7-5-8-11-13;3-1-2-4/h5,7-8,10-12H,3-4,6,9H2,1-2H3;3-4H,1-2H2. The average Bonchev–Trinajstić information content (AvgIpc) is 2.40. The molecule has 0 aliphatic heterocycles. The van der Waals surface area contributed by atoms with Gasteiger partial charge in [-0.15, -0.1) is 0 Å². The number of aliphatic hydroxyl groups is 2. The van der Waals surface area contributed by atoms with Gasteiger partial charge in [-0.05, 0) is 31.9 Å². The first-order chi connectivity index (χ1) is 8.74. The molecule has 104 valence electrons. The highest BCUT2D eigenvalue weighted by atomic mass is 16.5. The second kappa shape index (κ2) is 12.4. The van der Waals surface area contributed by atoms with Gasteiger partial charge in [-0.2, -0.15) is 0 Å². The van der Waals surface area contributed by atoms with Gasteiger partial charge in [-0.1, -0.05) is 38.0 Å². The molecule has 1 aromatic rings. The monoisotopic (exact) mass is 254 g/mol. The van der Waals surface area contributed by atoms with Crippen LogP contribution in [-0.4, -0.2) is 29.5 Å².